The zero-order valence-electron chi connectivity index (χ0n) is 8.79. The summed E-state index contributed by atoms with van der Waals surface area (Å²) in [4.78, 5) is 24.0. The molecule has 0 saturated carbocycles. The Morgan fingerprint density at radius 1 is 1.56 bits per heavy atom. The second-order valence-corrected chi connectivity index (χ2v) is 5.45. The minimum Gasteiger partial charge on any atom is -0.477 e. The van der Waals surface area contributed by atoms with Gasteiger partial charge in [-0.15, -0.1) is 11.8 Å². The number of hydrogen-bond acceptors (Lipinski definition) is 4. The van der Waals surface area contributed by atoms with Gasteiger partial charge in [-0.05, 0) is 34.1 Å². The molecule has 92 valence electrons. The third kappa shape index (κ3) is 1.62. The highest BCUT2D eigenvalue weighted by atomic mass is 79.9. The summed E-state index contributed by atoms with van der Waals surface area (Å²) < 4.78 is 5.87. The van der Waals surface area contributed by atoms with Crippen molar-refractivity contribution in [3.05, 3.63) is 39.2 Å². The van der Waals surface area contributed by atoms with Crippen LogP contribution in [-0.2, 0) is 9.59 Å². The minimum absolute atomic E-state index is 0.0350. The summed E-state index contributed by atoms with van der Waals surface area (Å²) >= 11 is 4.48. The Labute approximate surface area is 114 Å². The number of aliphatic carboxylic acids is 1. The van der Waals surface area contributed by atoms with E-state index in [4.69, 9.17) is 9.52 Å². The number of carbonyl (C=O) groups excluding carboxylic acids is 1. The Bertz CT molecular complexity index is 618. The number of nitrogens with zero attached hydrogens (tertiary/aromatic N) is 1. The van der Waals surface area contributed by atoms with Crippen LogP contribution in [0.3, 0.4) is 0 Å². The fourth-order valence-electron chi connectivity index (χ4n) is 1.83. The lowest BCUT2D eigenvalue weighted by atomic mass is 10.0. The molecular weight excluding hydrogens is 322 g/mol. The van der Waals surface area contributed by atoms with Gasteiger partial charge in [0.2, 0.25) is 0 Å². The summed E-state index contributed by atoms with van der Waals surface area (Å²) in [6.45, 7) is 0. The molecule has 0 radical (unpaired) electrons. The van der Waals surface area contributed by atoms with E-state index >= 15 is 0 Å². The van der Waals surface area contributed by atoms with Crippen LogP contribution in [0, 0.1) is 0 Å². The number of carbonyl (C=O) groups is 2. The maximum absolute atomic E-state index is 11.9. The van der Waals surface area contributed by atoms with Crippen LogP contribution in [-0.4, -0.2) is 27.3 Å². The normalized spacial score (nSPS) is 23.9. The molecule has 2 aliphatic rings. The second kappa shape index (κ2) is 4.03. The first-order valence-electron chi connectivity index (χ1n) is 4.97. The van der Waals surface area contributed by atoms with Crippen molar-refractivity contribution in [3.63, 3.8) is 0 Å². The summed E-state index contributed by atoms with van der Waals surface area (Å²) in [5.41, 5.74) is 0.585. The van der Waals surface area contributed by atoms with Crippen molar-refractivity contribution < 1.29 is 19.1 Å². The van der Waals surface area contributed by atoms with Crippen molar-refractivity contribution in [2.75, 3.05) is 0 Å². The van der Waals surface area contributed by atoms with Gasteiger partial charge in [-0.3, -0.25) is 9.69 Å². The number of β-lactam (4-membered cyclic amide) rings is 1. The summed E-state index contributed by atoms with van der Waals surface area (Å²) in [6.07, 6.45) is 1.64. The van der Waals surface area contributed by atoms with Crippen molar-refractivity contribution in [2.45, 2.75) is 5.37 Å². The van der Waals surface area contributed by atoms with Crippen molar-refractivity contribution in [2.24, 2.45) is 0 Å². The fraction of sp³-hybridized carbons (Fsp3) is 0.0909. The van der Waals surface area contributed by atoms with Crippen molar-refractivity contribution in [1.29, 1.82) is 0 Å². The topological polar surface area (TPSA) is 70.7 Å². The monoisotopic (exact) mass is 327 g/mol. The highest BCUT2D eigenvalue weighted by Crippen LogP contribution is 2.45. The summed E-state index contributed by atoms with van der Waals surface area (Å²) in [5, 5.41) is 10.2. The molecule has 18 heavy (non-hydrogen) atoms. The molecule has 5 nitrogen and oxygen atoms in total. The standard InChI is InChI=1S/C11H6BrNO4S/c12-8-2-1-5(17-8)3-6-9(14)13-7(11(15)16)4-18-10(6)13/h1-4,10H,(H,15,16)/b6-3-/t10-/m1/s1. The Morgan fingerprint density at radius 3 is 2.94 bits per heavy atom. The first-order chi connectivity index (χ1) is 8.58. The molecule has 1 N–H and O–H groups in total. The van der Waals surface area contributed by atoms with E-state index < -0.39 is 5.97 Å². The van der Waals surface area contributed by atoms with E-state index in [1.807, 2.05) is 0 Å². The number of rotatable bonds is 2. The quantitative estimate of drug-likeness (QED) is 0.666. The molecule has 0 aromatic carbocycles. The van der Waals surface area contributed by atoms with Gasteiger partial charge < -0.3 is 9.52 Å². The molecule has 1 amide bonds. The first kappa shape index (κ1) is 11.6. The number of thioether (sulfide) groups is 1. The maximum atomic E-state index is 11.9. The molecule has 0 spiro atoms. The number of furan rings is 1. The molecule has 1 aromatic rings. The number of halogens is 1. The molecule has 1 aromatic heterocycles. The van der Waals surface area contributed by atoms with Gasteiger partial charge in [0, 0.05) is 5.41 Å². The number of fused-ring (bicyclic) bond motifs is 1. The molecule has 3 rings (SSSR count). The van der Waals surface area contributed by atoms with Crippen molar-refractivity contribution >= 4 is 45.6 Å². The molecule has 0 aliphatic carbocycles. The zero-order chi connectivity index (χ0) is 12.9. The van der Waals surface area contributed by atoms with Gasteiger partial charge in [0.05, 0.1) is 5.57 Å². The Morgan fingerprint density at radius 2 is 2.33 bits per heavy atom. The number of hydrogen-bond donors (Lipinski definition) is 1. The minimum atomic E-state index is -1.09. The SMILES string of the molecule is O=C(O)C1=CS[C@@H]2/C(=C\c3ccc(Br)o3)C(=O)N12. The largest absolute Gasteiger partial charge is 0.477 e. The van der Waals surface area contributed by atoms with Gasteiger partial charge in [-0.2, -0.15) is 0 Å². The van der Waals surface area contributed by atoms with Crippen LogP contribution in [0.5, 0.6) is 0 Å². The van der Waals surface area contributed by atoms with Gasteiger partial charge in [-0.25, -0.2) is 4.79 Å². The third-order valence-electron chi connectivity index (χ3n) is 2.65. The highest BCUT2D eigenvalue weighted by molar-refractivity contribution is 9.10. The van der Waals surface area contributed by atoms with Crippen LogP contribution in [0.25, 0.3) is 6.08 Å². The van der Waals surface area contributed by atoms with E-state index in [0.717, 1.165) is 0 Å². The smallest absolute Gasteiger partial charge is 0.353 e. The number of carboxylic acid groups (broad SMARTS) is 1. The molecule has 1 fully saturated rings. The fourth-order valence-corrected chi connectivity index (χ4v) is 3.26. The molecule has 3 heterocycles. The summed E-state index contributed by atoms with van der Waals surface area (Å²) in [7, 11) is 0. The van der Waals surface area contributed by atoms with Crippen LogP contribution in [0.15, 0.2) is 37.9 Å². The Balaban J connectivity index is 1.86. The van der Waals surface area contributed by atoms with E-state index in [1.165, 1.54) is 22.1 Å². The first-order valence-corrected chi connectivity index (χ1v) is 6.71. The van der Waals surface area contributed by atoms with Gasteiger partial charge in [0.25, 0.3) is 5.91 Å². The third-order valence-corrected chi connectivity index (χ3v) is 4.15. The molecule has 0 unspecified atom stereocenters. The molecule has 7 heteroatoms. The van der Waals surface area contributed by atoms with Gasteiger partial charge in [-0.1, -0.05) is 0 Å². The molecule has 2 aliphatic heterocycles. The van der Waals surface area contributed by atoms with Crippen LogP contribution in [0.1, 0.15) is 5.76 Å². The molecular formula is C11H6BrNO4S. The molecule has 0 bridgehead atoms. The van der Waals surface area contributed by atoms with E-state index in [9.17, 15) is 9.59 Å². The Hall–Kier alpha value is -1.47. The van der Waals surface area contributed by atoms with Crippen LogP contribution in [0.2, 0.25) is 0 Å². The molecule has 1 saturated heterocycles. The molecule has 1 atom stereocenters. The predicted octanol–water partition coefficient (Wildman–Crippen LogP) is 2.27. The van der Waals surface area contributed by atoms with Crippen molar-refractivity contribution in [3.8, 4) is 0 Å². The van der Waals surface area contributed by atoms with Gasteiger partial charge in [0.1, 0.15) is 16.8 Å². The number of amides is 1. The highest BCUT2D eigenvalue weighted by Gasteiger charge is 2.49. The van der Waals surface area contributed by atoms with Crippen molar-refractivity contribution in [1.82, 2.24) is 4.90 Å². The Kier molecular flexibility index (Phi) is 2.60. The predicted molar refractivity (Wildman–Crippen MR) is 68.3 cm³/mol. The lowest BCUT2D eigenvalue weighted by Crippen LogP contribution is -2.51. The van der Waals surface area contributed by atoms with E-state index in [-0.39, 0.29) is 17.0 Å². The number of carboxylic acids is 1. The van der Waals surface area contributed by atoms with Crippen LogP contribution in [0.4, 0.5) is 0 Å². The average molecular weight is 328 g/mol. The van der Waals surface area contributed by atoms with E-state index in [0.29, 0.717) is 16.0 Å². The van der Waals surface area contributed by atoms with E-state index in [1.54, 1.807) is 18.2 Å². The average Bonchev–Trinajstić information content (AvgIpc) is 2.89. The maximum Gasteiger partial charge on any atom is 0.353 e. The van der Waals surface area contributed by atoms with E-state index in [2.05, 4.69) is 15.9 Å². The summed E-state index contributed by atoms with van der Waals surface area (Å²) in [6, 6.07) is 3.47. The lowest BCUT2D eigenvalue weighted by Gasteiger charge is -2.36. The van der Waals surface area contributed by atoms with Gasteiger partial charge >= 0.3 is 5.97 Å². The second-order valence-electron chi connectivity index (χ2n) is 3.71. The zero-order valence-corrected chi connectivity index (χ0v) is 11.2. The lowest BCUT2D eigenvalue weighted by molar-refractivity contribution is -0.141. The van der Waals surface area contributed by atoms with Crippen LogP contribution < -0.4 is 0 Å². The van der Waals surface area contributed by atoms with Gasteiger partial charge in [0.15, 0.2) is 4.67 Å². The summed E-state index contributed by atoms with van der Waals surface area (Å²) in [5.74, 6) is -0.807. The van der Waals surface area contributed by atoms with Crippen LogP contribution >= 0.6 is 27.7 Å².